The molecule has 1 fully saturated rings. The highest BCUT2D eigenvalue weighted by molar-refractivity contribution is 7.86. The van der Waals surface area contributed by atoms with Gasteiger partial charge in [0.2, 0.25) is 0 Å². The molecule has 2 rings (SSSR count). The zero-order chi connectivity index (χ0) is 14.6. The van der Waals surface area contributed by atoms with E-state index in [9.17, 15) is 8.42 Å². The average molecular weight is 297 g/mol. The molecule has 1 aliphatic carbocycles. The molecule has 0 unspecified atom stereocenters. The molecular formula is C15H23NO3S. The van der Waals surface area contributed by atoms with Crippen molar-refractivity contribution in [1.29, 1.82) is 0 Å². The van der Waals surface area contributed by atoms with Gasteiger partial charge < -0.3 is 5.32 Å². The number of rotatable bonds is 5. The molecule has 1 aliphatic rings. The molecule has 0 spiro atoms. The van der Waals surface area contributed by atoms with Gasteiger partial charge in [0.25, 0.3) is 10.1 Å². The fourth-order valence-corrected chi connectivity index (χ4v) is 3.70. The molecule has 2 atom stereocenters. The van der Waals surface area contributed by atoms with Crippen molar-refractivity contribution < 1.29 is 12.6 Å². The van der Waals surface area contributed by atoms with Gasteiger partial charge in [0, 0.05) is 6.04 Å². The molecule has 0 radical (unpaired) electrons. The van der Waals surface area contributed by atoms with E-state index in [1.165, 1.54) is 6.42 Å². The van der Waals surface area contributed by atoms with Crippen molar-refractivity contribution >= 4 is 10.1 Å². The molecule has 20 heavy (non-hydrogen) atoms. The summed E-state index contributed by atoms with van der Waals surface area (Å²) in [6, 6.07) is 7.12. The third kappa shape index (κ3) is 3.81. The summed E-state index contributed by atoms with van der Waals surface area (Å²) in [6.45, 7) is 2.19. The van der Waals surface area contributed by atoms with Gasteiger partial charge in [-0.25, -0.2) is 0 Å². The van der Waals surface area contributed by atoms with Crippen LogP contribution in [-0.4, -0.2) is 28.1 Å². The summed E-state index contributed by atoms with van der Waals surface area (Å²) in [6.07, 6.45) is 4.47. The molecule has 4 nitrogen and oxygen atoms in total. The van der Waals surface area contributed by atoms with E-state index in [1.54, 1.807) is 24.3 Å². The van der Waals surface area contributed by atoms with Crippen LogP contribution in [0, 0.1) is 12.8 Å². The minimum atomic E-state index is -3.64. The normalized spacial score (nSPS) is 23.7. The minimum absolute atomic E-state index is 0.236. The predicted octanol–water partition coefficient (Wildman–Crippen LogP) is 2.48. The summed E-state index contributed by atoms with van der Waals surface area (Å²) in [5, 5.41) is 3.26. The van der Waals surface area contributed by atoms with Gasteiger partial charge in [-0.2, -0.15) is 8.42 Å². The lowest BCUT2D eigenvalue weighted by Gasteiger charge is -2.30. The van der Waals surface area contributed by atoms with Gasteiger partial charge >= 0.3 is 0 Å². The second-order valence-electron chi connectivity index (χ2n) is 5.49. The van der Waals surface area contributed by atoms with Crippen LogP contribution in [0.3, 0.4) is 0 Å². The molecule has 0 heterocycles. The Morgan fingerprint density at radius 1 is 1.20 bits per heavy atom. The Bertz CT molecular complexity index is 525. The molecule has 112 valence electrons. The number of hydrogen-bond donors (Lipinski definition) is 1. The van der Waals surface area contributed by atoms with Gasteiger partial charge in [-0.15, -0.1) is 0 Å². The highest BCUT2D eigenvalue weighted by Crippen LogP contribution is 2.25. The van der Waals surface area contributed by atoms with Crippen LogP contribution >= 0.6 is 0 Å². The van der Waals surface area contributed by atoms with Crippen molar-refractivity contribution in [3.05, 3.63) is 29.8 Å². The fraction of sp³-hybridized carbons (Fsp3) is 0.600. The first-order valence-electron chi connectivity index (χ1n) is 7.16. The lowest BCUT2D eigenvalue weighted by Crippen LogP contribution is -2.38. The molecule has 1 aromatic carbocycles. The molecule has 1 saturated carbocycles. The Labute approximate surface area is 121 Å². The molecule has 0 amide bonds. The van der Waals surface area contributed by atoms with E-state index in [-0.39, 0.29) is 17.4 Å². The molecule has 0 bridgehead atoms. The maximum Gasteiger partial charge on any atom is 0.296 e. The first-order valence-corrected chi connectivity index (χ1v) is 8.57. The van der Waals surface area contributed by atoms with E-state index in [0.29, 0.717) is 6.04 Å². The van der Waals surface area contributed by atoms with Crippen LogP contribution in [0.15, 0.2) is 29.2 Å². The summed E-state index contributed by atoms with van der Waals surface area (Å²) < 4.78 is 29.5. The highest BCUT2D eigenvalue weighted by atomic mass is 32.2. The van der Waals surface area contributed by atoms with E-state index in [2.05, 4.69) is 5.32 Å². The van der Waals surface area contributed by atoms with Gasteiger partial charge in [0.05, 0.1) is 11.5 Å². The van der Waals surface area contributed by atoms with Gasteiger partial charge in [-0.3, -0.25) is 4.18 Å². The van der Waals surface area contributed by atoms with Crippen LogP contribution in [0.5, 0.6) is 0 Å². The predicted molar refractivity (Wildman–Crippen MR) is 79.1 cm³/mol. The van der Waals surface area contributed by atoms with Crippen molar-refractivity contribution in [2.75, 3.05) is 13.7 Å². The van der Waals surface area contributed by atoms with Gasteiger partial charge in [-0.05, 0) is 44.9 Å². The standard InChI is InChI=1S/C15H23NO3S/c1-12-7-9-14(10-8-12)20(17,18)19-11-13-5-3-4-6-15(13)16-2/h7-10,13,15-16H,3-6,11H2,1-2H3/t13-,15+/m0/s1. The quantitative estimate of drug-likeness (QED) is 0.848. The van der Waals surface area contributed by atoms with Crippen molar-refractivity contribution in [1.82, 2.24) is 5.32 Å². The summed E-state index contributed by atoms with van der Waals surface area (Å²) in [5.41, 5.74) is 1.03. The van der Waals surface area contributed by atoms with Crippen molar-refractivity contribution in [3.8, 4) is 0 Å². The Morgan fingerprint density at radius 3 is 2.50 bits per heavy atom. The Hall–Kier alpha value is -0.910. The van der Waals surface area contributed by atoms with E-state index in [4.69, 9.17) is 4.18 Å². The van der Waals surface area contributed by atoms with Crippen molar-refractivity contribution in [2.24, 2.45) is 5.92 Å². The van der Waals surface area contributed by atoms with Crippen LogP contribution in [-0.2, 0) is 14.3 Å². The second kappa shape index (κ2) is 6.70. The number of nitrogens with one attached hydrogen (secondary N) is 1. The van der Waals surface area contributed by atoms with Crippen molar-refractivity contribution in [2.45, 2.75) is 43.5 Å². The summed E-state index contributed by atoms with van der Waals surface area (Å²) in [5.74, 6) is 0.272. The van der Waals surface area contributed by atoms with Crippen LogP contribution in [0.1, 0.15) is 31.2 Å². The highest BCUT2D eigenvalue weighted by Gasteiger charge is 2.26. The smallest absolute Gasteiger partial charge is 0.296 e. The van der Waals surface area contributed by atoms with Gasteiger partial charge in [-0.1, -0.05) is 30.5 Å². The zero-order valence-electron chi connectivity index (χ0n) is 12.1. The first kappa shape index (κ1) is 15.5. The largest absolute Gasteiger partial charge is 0.317 e. The Morgan fingerprint density at radius 2 is 1.85 bits per heavy atom. The summed E-state index contributed by atoms with van der Waals surface area (Å²) in [7, 11) is -1.71. The third-order valence-electron chi connectivity index (χ3n) is 4.03. The van der Waals surface area contributed by atoms with E-state index in [1.807, 2.05) is 14.0 Å². The summed E-state index contributed by atoms with van der Waals surface area (Å²) >= 11 is 0. The fourth-order valence-electron chi connectivity index (χ4n) is 2.74. The zero-order valence-corrected chi connectivity index (χ0v) is 12.9. The second-order valence-corrected chi connectivity index (χ2v) is 7.11. The van der Waals surface area contributed by atoms with Gasteiger partial charge in [0.15, 0.2) is 0 Å². The lowest BCUT2D eigenvalue weighted by atomic mass is 9.85. The van der Waals surface area contributed by atoms with Gasteiger partial charge in [0.1, 0.15) is 0 Å². The van der Waals surface area contributed by atoms with E-state index in [0.717, 1.165) is 24.8 Å². The van der Waals surface area contributed by atoms with Crippen LogP contribution in [0.4, 0.5) is 0 Å². The molecule has 0 aliphatic heterocycles. The van der Waals surface area contributed by atoms with Crippen LogP contribution in [0.2, 0.25) is 0 Å². The Kier molecular flexibility index (Phi) is 5.18. The maximum atomic E-state index is 12.1. The minimum Gasteiger partial charge on any atom is -0.317 e. The molecule has 0 aromatic heterocycles. The maximum absolute atomic E-state index is 12.1. The number of aryl methyl sites for hydroxylation is 1. The number of benzene rings is 1. The third-order valence-corrected chi connectivity index (χ3v) is 5.32. The first-order chi connectivity index (χ1) is 9.53. The molecular weight excluding hydrogens is 274 g/mol. The molecule has 1 aromatic rings. The van der Waals surface area contributed by atoms with Crippen LogP contribution < -0.4 is 5.32 Å². The number of hydrogen-bond acceptors (Lipinski definition) is 4. The average Bonchev–Trinajstić information content (AvgIpc) is 2.46. The van der Waals surface area contributed by atoms with Crippen LogP contribution in [0.25, 0.3) is 0 Å². The van der Waals surface area contributed by atoms with E-state index >= 15 is 0 Å². The molecule has 5 heteroatoms. The monoisotopic (exact) mass is 297 g/mol. The lowest BCUT2D eigenvalue weighted by molar-refractivity contribution is 0.177. The van der Waals surface area contributed by atoms with E-state index < -0.39 is 10.1 Å². The SMILES string of the molecule is CN[C@@H]1CCCC[C@H]1COS(=O)(=O)c1ccc(C)cc1. The van der Waals surface area contributed by atoms with Crippen molar-refractivity contribution in [3.63, 3.8) is 0 Å². The molecule has 1 N–H and O–H groups in total. The Balaban J connectivity index is 1.99. The summed E-state index contributed by atoms with van der Waals surface area (Å²) in [4.78, 5) is 0.236. The molecule has 0 saturated heterocycles. The topological polar surface area (TPSA) is 55.4 Å².